The molecule has 1 saturated heterocycles. The molecule has 2 fully saturated rings. The van der Waals surface area contributed by atoms with Crippen LogP contribution in [-0.2, 0) is 6.54 Å². The summed E-state index contributed by atoms with van der Waals surface area (Å²) >= 11 is 0. The quantitative estimate of drug-likeness (QED) is 0.817. The third-order valence-corrected chi connectivity index (χ3v) is 4.01. The van der Waals surface area contributed by atoms with Crippen LogP contribution in [-0.4, -0.2) is 29.2 Å². The predicted octanol–water partition coefficient (Wildman–Crippen LogP) is 1.89. The molecule has 2 bridgehead atoms. The van der Waals surface area contributed by atoms with Crippen molar-refractivity contribution >= 4 is 0 Å². The van der Waals surface area contributed by atoms with Gasteiger partial charge in [-0.2, -0.15) is 0 Å². The van der Waals surface area contributed by atoms with Gasteiger partial charge in [-0.15, -0.1) is 0 Å². The predicted molar refractivity (Wildman–Crippen MR) is 63.9 cm³/mol. The van der Waals surface area contributed by atoms with E-state index < -0.39 is 0 Å². The lowest BCUT2D eigenvalue weighted by Gasteiger charge is -2.31. The van der Waals surface area contributed by atoms with Gasteiger partial charge in [0, 0.05) is 19.6 Å². The Hall–Kier alpha value is -0.860. The van der Waals surface area contributed by atoms with Crippen molar-refractivity contribution < 1.29 is 5.11 Å². The SMILES string of the molecule is O[C@@H]1C[C@H]2C[C@H]1CN(Cc1ccccc1)C2. The van der Waals surface area contributed by atoms with Crippen LogP contribution >= 0.6 is 0 Å². The molecular formula is C14H19NO. The Morgan fingerprint density at radius 3 is 2.69 bits per heavy atom. The second kappa shape index (κ2) is 4.19. The minimum absolute atomic E-state index is 0.0363. The molecule has 86 valence electrons. The first-order valence-electron chi connectivity index (χ1n) is 6.25. The molecule has 0 spiro atoms. The average Bonchev–Trinajstić information content (AvgIpc) is 2.54. The van der Waals surface area contributed by atoms with Gasteiger partial charge in [-0.05, 0) is 30.2 Å². The van der Waals surface area contributed by atoms with Crippen molar-refractivity contribution in [1.29, 1.82) is 0 Å². The third-order valence-electron chi connectivity index (χ3n) is 4.01. The first-order valence-corrected chi connectivity index (χ1v) is 6.25. The Morgan fingerprint density at radius 2 is 1.94 bits per heavy atom. The number of rotatable bonds is 2. The molecule has 0 unspecified atom stereocenters. The molecule has 1 N–H and O–H groups in total. The van der Waals surface area contributed by atoms with Gasteiger partial charge in [-0.25, -0.2) is 0 Å². The van der Waals surface area contributed by atoms with Gasteiger partial charge in [0.25, 0.3) is 0 Å². The number of aliphatic hydroxyl groups excluding tert-OH is 1. The molecule has 1 saturated carbocycles. The summed E-state index contributed by atoms with van der Waals surface area (Å²) in [5.41, 5.74) is 1.39. The second-order valence-corrected chi connectivity index (χ2v) is 5.34. The van der Waals surface area contributed by atoms with Crippen LogP contribution in [0.15, 0.2) is 30.3 Å². The van der Waals surface area contributed by atoms with E-state index >= 15 is 0 Å². The number of fused-ring (bicyclic) bond motifs is 2. The lowest BCUT2D eigenvalue weighted by molar-refractivity contribution is 0.0994. The molecule has 3 atom stereocenters. The zero-order valence-electron chi connectivity index (χ0n) is 9.55. The van der Waals surface area contributed by atoms with Crippen molar-refractivity contribution in [2.24, 2.45) is 11.8 Å². The molecule has 2 heteroatoms. The van der Waals surface area contributed by atoms with Gasteiger partial charge in [0.15, 0.2) is 0 Å². The van der Waals surface area contributed by atoms with Crippen molar-refractivity contribution in [1.82, 2.24) is 4.90 Å². The van der Waals surface area contributed by atoms with Crippen LogP contribution in [0.4, 0.5) is 0 Å². The molecule has 2 aliphatic rings. The second-order valence-electron chi connectivity index (χ2n) is 5.34. The number of nitrogens with zero attached hydrogens (tertiary/aromatic N) is 1. The lowest BCUT2D eigenvalue weighted by atomic mass is 9.98. The van der Waals surface area contributed by atoms with E-state index in [1.54, 1.807) is 0 Å². The van der Waals surface area contributed by atoms with Crippen LogP contribution in [0.25, 0.3) is 0 Å². The smallest absolute Gasteiger partial charge is 0.0583 e. The first kappa shape index (κ1) is 10.3. The van der Waals surface area contributed by atoms with Crippen LogP contribution in [0.2, 0.25) is 0 Å². The van der Waals surface area contributed by atoms with E-state index in [0.717, 1.165) is 25.4 Å². The molecule has 0 aromatic heterocycles. The Balaban J connectivity index is 1.65. The highest BCUT2D eigenvalue weighted by Gasteiger charge is 2.38. The molecule has 3 rings (SSSR count). The molecule has 1 aliphatic carbocycles. The summed E-state index contributed by atoms with van der Waals surface area (Å²) in [6.45, 7) is 3.29. The van der Waals surface area contributed by atoms with Crippen LogP contribution in [0, 0.1) is 11.8 Å². The first-order chi connectivity index (χ1) is 7.81. The summed E-state index contributed by atoms with van der Waals surface area (Å²) in [5, 5.41) is 9.86. The van der Waals surface area contributed by atoms with E-state index in [2.05, 4.69) is 35.2 Å². The lowest BCUT2D eigenvalue weighted by Crippen LogP contribution is -2.37. The van der Waals surface area contributed by atoms with E-state index in [-0.39, 0.29) is 6.10 Å². The minimum atomic E-state index is -0.0363. The Bertz CT molecular complexity index is 349. The summed E-state index contributed by atoms with van der Waals surface area (Å²) in [6.07, 6.45) is 2.23. The van der Waals surface area contributed by atoms with E-state index in [1.165, 1.54) is 18.5 Å². The molecule has 1 heterocycles. The van der Waals surface area contributed by atoms with E-state index in [9.17, 15) is 5.11 Å². The Labute approximate surface area is 96.9 Å². The molecular weight excluding hydrogens is 198 g/mol. The van der Waals surface area contributed by atoms with Crippen LogP contribution in [0.3, 0.4) is 0 Å². The molecule has 1 aromatic rings. The fourth-order valence-corrected chi connectivity index (χ4v) is 3.30. The number of likely N-dealkylation sites (tertiary alicyclic amines) is 1. The fraction of sp³-hybridized carbons (Fsp3) is 0.571. The van der Waals surface area contributed by atoms with Gasteiger partial charge in [0.1, 0.15) is 0 Å². The van der Waals surface area contributed by atoms with E-state index in [4.69, 9.17) is 0 Å². The molecule has 0 amide bonds. The topological polar surface area (TPSA) is 23.5 Å². The summed E-state index contributed by atoms with van der Waals surface area (Å²) in [4.78, 5) is 2.50. The largest absolute Gasteiger partial charge is 0.393 e. The van der Waals surface area contributed by atoms with Crippen LogP contribution in [0.1, 0.15) is 18.4 Å². The van der Waals surface area contributed by atoms with Gasteiger partial charge >= 0.3 is 0 Å². The van der Waals surface area contributed by atoms with Gasteiger partial charge in [0.05, 0.1) is 6.10 Å². The Kier molecular flexibility index (Phi) is 2.70. The number of hydrogen-bond acceptors (Lipinski definition) is 2. The highest BCUT2D eigenvalue weighted by atomic mass is 16.3. The van der Waals surface area contributed by atoms with Crippen LogP contribution < -0.4 is 0 Å². The summed E-state index contributed by atoms with van der Waals surface area (Å²) < 4.78 is 0. The molecule has 16 heavy (non-hydrogen) atoms. The summed E-state index contributed by atoms with van der Waals surface area (Å²) in [5.74, 6) is 1.26. The van der Waals surface area contributed by atoms with Crippen molar-refractivity contribution in [2.45, 2.75) is 25.5 Å². The zero-order valence-corrected chi connectivity index (χ0v) is 9.55. The van der Waals surface area contributed by atoms with E-state index in [1.807, 2.05) is 0 Å². The number of hydrogen-bond donors (Lipinski definition) is 1. The van der Waals surface area contributed by atoms with Gasteiger partial charge in [-0.1, -0.05) is 30.3 Å². The van der Waals surface area contributed by atoms with Gasteiger partial charge in [0.2, 0.25) is 0 Å². The van der Waals surface area contributed by atoms with Crippen molar-refractivity contribution in [3.63, 3.8) is 0 Å². The average molecular weight is 217 g/mol. The highest BCUT2D eigenvalue weighted by molar-refractivity contribution is 5.14. The Morgan fingerprint density at radius 1 is 1.12 bits per heavy atom. The third kappa shape index (κ3) is 2.00. The van der Waals surface area contributed by atoms with E-state index in [0.29, 0.717) is 5.92 Å². The zero-order chi connectivity index (χ0) is 11.0. The van der Waals surface area contributed by atoms with Crippen molar-refractivity contribution in [3.05, 3.63) is 35.9 Å². The minimum Gasteiger partial charge on any atom is -0.393 e. The standard InChI is InChI=1S/C14H19NO/c16-14-7-12-6-13(14)10-15(9-12)8-11-4-2-1-3-5-11/h1-5,12-14,16H,6-10H2/t12-,13+,14-/m1/s1. The maximum atomic E-state index is 9.86. The maximum absolute atomic E-state index is 9.86. The van der Waals surface area contributed by atoms with Crippen molar-refractivity contribution in [3.8, 4) is 0 Å². The molecule has 1 aliphatic heterocycles. The summed E-state index contributed by atoms with van der Waals surface area (Å²) in [7, 11) is 0. The monoisotopic (exact) mass is 217 g/mol. The van der Waals surface area contributed by atoms with Gasteiger partial charge < -0.3 is 5.11 Å². The molecule has 1 aromatic carbocycles. The van der Waals surface area contributed by atoms with Crippen molar-refractivity contribution in [2.75, 3.05) is 13.1 Å². The normalized spacial score (nSPS) is 34.2. The highest BCUT2D eigenvalue weighted by Crippen LogP contribution is 2.37. The fourth-order valence-electron chi connectivity index (χ4n) is 3.30. The summed E-state index contributed by atoms with van der Waals surface area (Å²) in [6, 6.07) is 10.6. The number of piperidine rings is 1. The van der Waals surface area contributed by atoms with Gasteiger partial charge in [-0.3, -0.25) is 4.90 Å². The molecule has 0 radical (unpaired) electrons. The van der Waals surface area contributed by atoms with Crippen LogP contribution in [0.5, 0.6) is 0 Å². The maximum Gasteiger partial charge on any atom is 0.0583 e. The number of benzene rings is 1. The molecule has 2 nitrogen and oxygen atoms in total. The number of aliphatic hydroxyl groups is 1.